The van der Waals surface area contributed by atoms with Crippen molar-refractivity contribution >= 4 is 12.0 Å². The summed E-state index contributed by atoms with van der Waals surface area (Å²) in [4.78, 5) is 15.8. The second-order valence-corrected chi connectivity index (χ2v) is 7.88. The Bertz CT molecular complexity index is 499. The average molecular weight is 387 g/mol. The molecule has 3 nitrogen and oxygen atoms in total. The summed E-state index contributed by atoms with van der Waals surface area (Å²) < 4.78 is 0. The molecule has 1 heterocycles. The fourth-order valence-electron chi connectivity index (χ4n) is 3.43. The van der Waals surface area contributed by atoms with Crippen LogP contribution in [0.3, 0.4) is 0 Å². The van der Waals surface area contributed by atoms with Gasteiger partial charge in [-0.3, -0.25) is 9.78 Å². The van der Waals surface area contributed by atoms with Crippen molar-refractivity contribution in [2.75, 3.05) is 0 Å². The fourth-order valence-corrected chi connectivity index (χ4v) is 3.43. The molecule has 0 fully saturated rings. The van der Waals surface area contributed by atoms with Gasteiger partial charge >= 0.3 is 0 Å². The van der Waals surface area contributed by atoms with Crippen LogP contribution in [-0.4, -0.2) is 10.9 Å². The van der Waals surface area contributed by atoms with Gasteiger partial charge in [0.25, 0.3) is 0 Å². The molecule has 0 saturated heterocycles. The van der Waals surface area contributed by atoms with E-state index in [1.807, 2.05) is 18.2 Å². The molecular formula is C25H42N2O. The van der Waals surface area contributed by atoms with E-state index < -0.39 is 0 Å². The lowest BCUT2D eigenvalue weighted by Gasteiger charge is -2.03. The van der Waals surface area contributed by atoms with Gasteiger partial charge in [0, 0.05) is 25.0 Å². The van der Waals surface area contributed by atoms with E-state index in [4.69, 9.17) is 0 Å². The molecule has 0 atom stereocenters. The van der Waals surface area contributed by atoms with Crippen LogP contribution in [0.2, 0.25) is 0 Å². The number of aromatic nitrogens is 1. The number of hydrogen-bond donors (Lipinski definition) is 1. The molecule has 0 aromatic carbocycles. The smallest absolute Gasteiger partial charge is 0.223 e. The van der Waals surface area contributed by atoms with Gasteiger partial charge in [0.1, 0.15) is 0 Å². The van der Waals surface area contributed by atoms with Gasteiger partial charge in [-0.1, -0.05) is 96.8 Å². The Labute approximate surface area is 173 Å². The van der Waals surface area contributed by atoms with Gasteiger partial charge in [0.2, 0.25) is 5.91 Å². The van der Waals surface area contributed by atoms with E-state index in [0.717, 1.165) is 12.0 Å². The van der Waals surface area contributed by atoms with E-state index in [-0.39, 0.29) is 5.91 Å². The maximum Gasteiger partial charge on any atom is 0.223 e. The number of unbranched alkanes of at least 4 members (excludes halogenated alkanes) is 14. The molecule has 28 heavy (non-hydrogen) atoms. The van der Waals surface area contributed by atoms with Crippen LogP contribution in [0, 0.1) is 0 Å². The molecule has 3 heteroatoms. The van der Waals surface area contributed by atoms with Crippen LogP contribution >= 0.6 is 0 Å². The van der Waals surface area contributed by atoms with Crippen LogP contribution in [0.5, 0.6) is 0 Å². The summed E-state index contributed by atoms with van der Waals surface area (Å²) in [6, 6.07) is 3.83. The molecule has 0 aliphatic heterocycles. The van der Waals surface area contributed by atoms with E-state index in [0.29, 0.717) is 6.42 Å². The Balaban J connectivity index is 1.80. The van der Waals surface area contributed by atoms with Crippen LogP contribution in [0.25, 0.3) is 6.08 Å². The van der Waals surface area contributed by atoms with Crippen molar-refractivity contribution in [2.24, 2.45) is 0 Å². The van der Waals surface area contributed by atoms with Gasteiger partial charge in [0.05, 0.1) is 0 Å². The molecule has 1 amide bonds. The minimum absolute atomic E-state index is 0.111. The van der Waals surface area contributed by atoms with Crippen LogP contribution in [-0.2, 0) is 4.79 Å². The first-order chi connectivity index (χ1) is 13.8. The second-order valence-electron chi connectivity index (χ2n) is 7.88. The largest absolute Gasteiger partial charge is 0.333 e. The van der Waals surface area contributed by atoms with E-state index in [9.17, 15) is 4.79 Å². The minimum atomic E-state index is 0.111. The molecule has 1 aromatic heterocycles. The first-order valence-corrected chi connectivity index (χ1v) is 11.7. The van der Waals surface area contributed by atoms with Crippen LogP contribution in [0.1, 0.15) is 115 Å². The molecule has 0 spiro atoms. The number of nitrogens with zero attached hydrogens (tertiary/aromatic N) is 1. The summed E-state index contributed by atoms with van der Waals surface area (Å²) in [5.74, 6) is 0.111. The number of carbonyl (C=O) groups is 1. The predicted molar refractivity (Wildman–Crippen MR) is 121 cm³/mol. The summed E-state index contributed by atoms with van der Waals surface area (Å²) in [5.41, 5.74) is 1.04. The number of amides is 1. The molecule has 0 unspecified atom stereocenters. The van der Waals surface area contributed by atoms with Crippen molar-refractivity contribution in [3.63, 3.8) is 0 Å². The molecule has 0 bridgehead atoms. The molecule has 1 aromatic rings. The quantitative estimate of drug-likeness (QED) is 0.266. The topological polar surface area (TPSA) is 42.0 Å². The normalized spacial score (nSPS) is 11.2. The van der Waals surface area contributed by atoms with Gasteiger partial charge in [-0.05, 0) is 30.2 Å². The van der Waals surface area contributed by atoms with Crippen LogP contribution < -0.4 is 5.32 Å². The molecule has 0 radical (unpaired) electrons. The van der Waals surface area contributed by atoms with Gasteiger partial charge < -0.3 is 5.32 Å². The third-order valence-corrected chi connectivity index (χ3v) is 5.23. The average Bonchev–Trinajstić information content (AvgIpc) is 2.71. The molecule has 0 aliphatic carbocycles. The third-order valence-electron chi connectivity index (χ3n) is 5.23. The monoisotopic (exact) mass is 386 g/mol. The van der Waals surface area contributed by atoms with Crippen molar-refractivity contribution in [3.05, 3.63) is 36.3 Å². The Hall–Kier alpha value is -1.64. The van der Waals surface area contributed by atoms with Crippen LogP contribution in [0.4, 0.5) is 0 Å². The van der Waals surface area contributed by atoms with Gasteiger partial charge in [-0.25, -0.2) is 0 Å². The molecule has 158 valence electrons. The SMILES string of the molecule is CCCCCCCCCCCCCCCCCC(=O)N/C=C/c1ccncc1. The maximum atomic E-state index is 11.8. The molecule has 0 saturated carbocycles. The number of pyridine rings is 1. The molecule has 0 aliphatic rings. The highest BCUT2D eigenvalue weighted by Gasteiger charge is 1.99. The highest BCUT2D eigenvalue weighted by atomic mass is 16.1. The first-order valence-electron chi connectivity index (χ1n) is 11.7. The number of nitrogens with one attached hydrogen (secondary N) is 1. The number of rotatable bonds is 18. The summed E-state index contributed by atoms with van der Waals surface area (Å²) in [5, 5.41) is 2.84. The standard InChI is InChI=1S/C25H42N2O/c1-2-3-4-5-6-7-8-9-10-11-12-13-14-15-16-17-25(28)27-23-20-24-18-21-26-22-19-24/h18-23H,2-17H2,1H3,(H,27,28)/b23-20+. The number of carbonyl (C=O) groups excluding carboxylic acids is 1. The lowest BCUT2D eigenvalue weighted by Crippen LogP contribution is -2.16. The van der Waals surface area contributed by atoms with Crippen LogP contribution in [0.15, 0.2) is 30.7 Å². The first kappa shape index (κ1) is 24.4. The molecule has 1 N–H and O–H groups in total. The van der Waals surface area contributed by atoms with E-state index in [2.05, 4.69) is 17.2 Å². The Morgan fingerprint density at radius 2 is 1.25 bits per heavy atom. The van der Waals surface area contributed by atoms with Crippen molar-refractivity contribution in [3.8, 4) is 0 Å². The lowest BCUT2D eigenvalue weighted by atomic mass is 10.0. The van der Waals surface area contributed by atoms with Crippen molar-refractivity contribution in [1.29, 1.82) is 0 Å². The Kier molecular flexibility index (Phi) is 16.3. The van der Waals surface area contributed by atoms with E-state index >= 15 is 0 Å². The fraction of sp³-hybridized carbons (Fsp3) is 0.680. The Morgan fingerprint density at radius 3 is 1.75 bits per heavy atom. The predicted octanol–water partition coefficient (Wildman–Crippen LogP) is 7.43. The summed E-state index contributed by atoms with van der Waals surface area (Å²) >= 11 is 0. The summed E-state index contributed by atoms with van der Waals surface area (Å²) in [7, 11) is 0. The van der Waals surface area contributed by atoms with Crippen molar-refractivity contribution < 1.29 is 4.79 Å². The van der Waals surface area contributed by atoms with Gasteiger partial charge in [-0.2, -0.15) is 0 Å². The zero-order chi connectivity index (χ0) is 20.1. The van der Waals surface area contributed by atoms with E-state index in [1.54, 1.807) is 18.6 Å². The number of hydrogen-bond acceptors (Lipinski definition) is 2. The molecule has 1 rings (SSSR count). The molecular weight excluding hydrogens is 344 g/mol. The highest BCUT2D eigenvalue weighted by Crippen LogP contribution is 2.13. The zero-order valence-corrected chi connectivity index (χ0v) is 18.1. The zero-order valence-electron chi connectivity index (χ0n) is 18.1. The highest BCUT2D eigenvalue weighted by molar-refractivity contribution is 5.77. The van der Waals surface area contributed by atoms with Crippen molar-refractivity contribution in [2.45, 2.75) is 110 Å². The van der Waals surface area contributed by atoms with E-state index in [1.165, 1.54) is 89.9 Å². The van der Waals surface area contributed by atoms with Gasteiger partial charge in [0.15, 0.2) is 0 Å². The summed E-state index contributed by atoms with van der Waals surface area (Å²) in [6.07, 6.45) is 28.0. The maximum absolute atomic E-state index is 11.8. The second kappa shape index (κ2) is 18.7. The Morgan fingerprint density at radius 1 is 0.786 bits per heavy atom. The minimum Gasteiger partial charge on any atom is -0.333 e. The summed E-state index contributed by atoms with van der Waals surface area (Å²) in [6.45, 7) is 2.28. The third kappa shape index (κ3) is 15.4. The van der Waals surface area contributed by atoms with Crippen molar-refractivity contribution in [1.82, 2.24) is 10.3 Å². The lowest BCUT2D eigenvalue weighted by molar-refractivity contribution is -0.120. The van der Waals surface area contributed by atoms with Gasteiger partial charge in [-0.15, -0.1) is 0 Å².